The van der Waals surface area contributed by atoms with Gasteiger partial charge in [0.1, 0.15) is 5.25 Å². The molecule has 0 spiro atoms. The van der Waals surface area contributed by atoms with Gasteiger partial charge in [0.05, 0.1) is 0 Å². The van der Waals surface area contributed by atoms with Crippen LogP contribution in [0.1, 0.15) is 12.5 Å². The summed E-state index contributed by atoms with van der Waals surface area (Å²) in [4.78, 5) is 13.2. The fourth-order valence-electron chi connectivity index (χ4n) is 2.28. The highest BCUT2D eigenvalue weighted by Gasteiger charge is 2.35. The number of aromatic nitrogens is 3. The second kappa shape index (κ2) is 6.11. The maximum Gasteiger partial charge on any atom is 0.250 e. The summed E-state index contributed by atoms with van der Waals surface area (Å²) in [6, 6.07) is 7.51. The molecule has 0 bridgehead atoms. The van der Waals surface area contributed by atoms with Crippen LogP contribution in [0.2, 0.25) is 0 Å². The van der Waals surface area contributed by atoms with Gasteiger partial charge in [0.15, 0.2) is 5.82 Å². The highest BCUT2D eigenvalue weighted by atomic mass is 32.2. The van der Waals surface area contributed by atoms with Gasteiger partial charge in [-0.25, -0.2) is 8.42 Å². The van der Waals surface area contributed by atoms with E-state index in [0.717, 1.165) is 11.1 Å². The first kappa shape index (κ1) is 17.1. The number of rotatable bonds is 4. The smallest absolute Gasteiger partial charge is 0.250 e. The summed E-state index contributed by atoms with van der Waals surface area (Å²) >= 11 is 0. The van der Waals surface area contributed by atoms with Crippen molar-refractivity contribution in [1.82, 2.24) is 19.7 Å². The van der Waals surface area contributed by atoms with E-state index in [9.17, 15) is 13.2 Å². The Balaban J connectivity index is 2.51. The maximum absolute atomic E-state index is 12.7. The molecular formula is C15H20N4O3S. The second-order valence-corrected chi connectivity index (χ2v) is 7.76. The second-order valence-electron chi connectivity index (χ2n) is 5.60. The number of carbonyl (C=O) groups excluding carboxylic acids is 1. The Kier molecular flexibility index (Phi) is 4.56. The molecule has 0 fully saturated rings. The van der Waals surface area contributed by atoms with Gasteiger partial charge in [-0.15, -0.1) is 10.2 Å². The van der Waals surface area contributed by atoms with Crippen LogP contribution < -0.4 is 0 Å². The molecule has 0 aliphatic rings. The molecular weight excluding hydrogens is 316 g/mol. The predicted molar refractivity (Wildman–Crippen MR) is 86.5 cm³/mol. The number of benzene rings is 1. The minimum atomic E-state index is -3.92. The molecule has 23 heavy (non-hydrogen) atoms. The lowest BCUT2D eigenvalue weighted by Crippen LogP contribution is -2.38. The Morgan fingerprint density at radius 3 is 2.39 bits per heavy atom. The monoisotopic (exact) mass is 336 g/mol. The third-order valence-corrected chi connectivity index (χ3v) is 5.73. The van der Waals surface area contributed by atoms with Gasteiger partial charge in [-0.1, -0.05) is 24.3 Å². The third-order valence-electron chi connectivity index (χ3n) is 3.73. The molecule has 0 N–H and O–H groups in total. The minimum absolute atomic E-state index is 0.210. The van der Waals surface area contributed by atoms with E-state index in [1.54, 1.807) is 7.05 Å². The molecule has 124 valence electrons. The fraction of sp³-hybridized carbons (Fsp3) is 0.400. The molecule has 1 heterocycles. The van der Waals surface area contributed by atoms with Gasteiger partial charge in [0.2, 0.25) is 15.7 Å². The van der Waals surface area contributed by atoms with Gasteiger partial charge < -0.3 is 9.47 Å². The summed E-state index contributed by atoms with van der Waals surface area (Å²) in [6.07, 6.45) is 0. The van der Waals surface area contributed by atoms with Crippen molar-refractivity contribution in [3.63, 3.8) is 0 Å². The van der Waals surface area contributed by atoms with Crippen LogP contribution in [-0.2, 0) is 21.7 Å². The van der Waals surface area contributed by atoms with Crippen LogP contribution >= 0.6 is 0 Å². The van der Waals surface area contributed by atoms with Crippen molar-refractivity contribution >= 4 is 15.7 Å². The standard InChI is InChI=1S/C15H20N4O3S/c1-10-8-6-7-9-12(10)13-16-17-15(19(13)5)23(21,22)11(2)14(20)18(3)4/h6-9,11H,1-5H3. The van der Waals surface area contributed by atoms with Crippen molar-refractivity contribution in [2.45, 2.75) is 24.3 Å². The number of nitrogens with zero attached hydrogens (tertiary/aromatic N) is 4. The van der Waals surface area contributed by atoms with Crippen LogP contribution in [0.25, 0.3) is 11.4 Å². The van der Waals surface area contributed by atoms with E-state index in [1.165, 1.54) is 30.5 Å². The van der Waals surface area contributed by atoms with Gasteiger partial charge in [-0.05, 0) is 19.4 Å². The van der Waals surface area contributed by atoms with Crippen LogP contribution in [0.15, 0.2) is 29.4 Å². The van der Waals surface area contributed by atoms with Crippen molar-refractivity contribution in [3.8, 4) is 11.4 Å². The summed E-state index contributed by atoms with van der Waals surface area (Å²) in [7, 11) is 0.704. The Morgan fingerprint density at radius 1 is 1.22 bits per heavy atom. The first-order valence-corrected chi connectivity index (χ1v) is 8.63. The normalized spacial score (nSPS) is 12.9. The number of sulfone groups is 1. The molecule has 1 unspecified atom stereocenters. The van der Waals surface area contributed by atoms with E-state index < -0.39 is 21.0 Å². The summed E-state index contributed by atoms with van der Waals surface area (Å²) < 4.78 is 26.7. The zero-order valence-corrected chi connectivity index (χ0v) is 14.6. The minimum Gasteiger partial charge on any atom is -0.348 e. The van der Waals surface area contributed by atoms with Crippen LogP contribution in [0.3, 0.4) is 0 Å². The Hall–Kier alpha value is -2.22. The summed E-state index contributed by atoms with van der Waals surface area (Å²) in [5.74, 6) is -0.0448. The summed E-state index contributed by atoms with van der Waals surface area (Å²) in [5.41, 5.74) is 1.76. The SMILES string of the molecule is Cc1ccccc1-c1nnc(S(=O)(=O)C(C)C(=O)N(C)C)n1C. The first-order chi connectivity index (χ1) is 10.7. The third kappa shape index (κ3) is 2.98. The van der Waals surface area contributed by atoms with E-state index >= 15 is 0 Å². The molecule has 0 saturated heterocycles. The molecule has 0 saturated carbocycles. The van der Waals surface area contributed by atoms with E-state index in [4.69, 9.17) is 0 Å². The maximum atomic E-state index is 12.7. The van der Waals surface area contributed by atoms with E-state index in [2.05, 4.69) is 10.2 Å². The van der Waals surface area contributed by atoms with Crippen LogP contribution in [0.4, 0.5) is 0 Å². The largest absolute Gasteiger partial charge is 0.348 e. The molecule has 8 heteroatoms. The molecule has 0 aliphatic carbocycles. The van der Waals surface area contributed by atoms with E-state index in [-0.39, 0.29) is 5.16 Å². The van der Waals surface area contributed by atoms with Crippen molar-refractivity contribution in [1.29, 1.82) is 0 Å². The fourth-order valence-corrected chi connectivity index (χ4v) is 3.69. The van der Waals surface area contributed by atoms with Gasteiger partial charge in [0, 0.05) is 26.7 Å². The molecule has 1 aromatic carbocycles. The molecule has 1 atom stereocenters. The molecule has 1 amide bonds. The summed E-state index contributed by atoms with van der Waals surface area (Å²) in [5, 5.41) is 6.40. The average Bonchev–Trinajstić information content (AvgIpc) is 2.88. The quantitative estimate of drug-likeness (QED) is 0.833. The Bertz CT molecular complexity index is 840. The molecule has 0 radical (unpaired) electrons. The van der Waals surface area contributed by atoms with Crippen molar-refractivity contribution in [2.24, 2.45) is 7.05 Å². The molecule has 2 aromatic rings. The highest BCUT2D eigenvalue weighted by molar-refractivity contribution is 7.92. The zero-order valence-electron chi connectivity index (χ0n) is 13.8. The van der Waals surface area contributed by atoms with Gasteiger partial charge in [-0.3, -0.25) is 4.79 Å². The van der Waals surface area contributed by atoms with Gasteiger partial charge in [-0.2, -0.15) is 0 Å². The number of amides is 1. The van der Waals surface area contributed by atoms with E-state index in [1.807, 2.05) is 31.2 Å². The lowest BCUT2D eigenvalue weighted by atomic mass is 10.1. The van der Waals surface area contributed by atoms with Crippen LogP contribution in [-0.4, -0.2) is 53.3 Å². The molecule has 7 nitrogen and oxygen atoms in total. The summed E-state index contributed by atoms with van der Waals surface area (Å²) in [6.45, 7) is 3.27. The molecule has 2 rings (SSSR count). The number of hydrogen-bond donors (Lipinski definition) is 0. The van der Waals surface area contributed by atoms with Crippen LogP contribution in [0, 0.1) is 6.92 Å². The average molecular weight is 336 g/mol. The predicted octanol–water partition coefficient (Wildman–Crippen LogP) is 1.04. The number of aryl methyl sites for hydroxylation is 1. The van der Waals surface area contributed by atoms with Crippen molar-refractivity contribution in [3.05, 3.63) is 29.8 Å². The molecule has 1 aromatic heterocycles. The van der Waals surface area contributed by atoms with Gasteiger partial charge in [0.25, 0.3) is 5.16 Å². The van der Waals surface area contributed by atoms with Crippen molar-refractivity contribution in [2.75, 3.05) is 14.1 Å². The van der Waals surface area contributed by atoms with Crippen LogP contribution in [0.5, 0.6) is 0 Å². The Morgan fingerprint density at radius 2 is 1.83 bits per heavy atom. The highest BCUT2D eigenvalue weighted by Crippen LogP contribution is 2.24. The lowest BCUT2D eigenvalue weighted by Gasteiger charge is -2.16. The number of carbonyl (C=O) groups is 1. The topological polar surface area (TPSA) is 85.2 Å². The molecule has 0 aliphatic heterocycles. The Labute approximate surface area is 135 Å². The number of hydrogen-bond acceptors (Lipinski definition) is 5. The van der Waals surface area contributed by atoms with Crippen molar-refractivity contribution < 1.29 is 13.2 Å². The zero-order chi connectivity index (χ0) is 17.4. The van der Waals surface area contributed by atoms with Gasteiger partial charge >= 0.3 is 0 Å². The van der Waals surface area contributed by atoms with E-state index in [0.29, 0.717) is 5.82 Å². The lowest BCUT2D eigenvalue weighted by molar-refractivity contribution is -0.127. The first-order valence-electron chi connectivity index (χ1n) is 7.08.